The zero-order valence-corrected chi connectivity index (χ0v) is 11.8. The number of carbonyl (C=O) groups is 1. The molecule has 1 aromatic rings. The predicted octanol–water partition coefficient (Wildman–Crippen LogP) is 3.14. The number of anilines is 1. The summed E-state index contributed by atoms with van der Waals surface area (Å²) >= 11 is 11.6. The molecule has 20 heavy (non-hydrogen) atoms. The van der Waals surface area contributed by atoms with Crippen LogP contribution in [0.2, 0.25) is 10.0 Å². The van der Waals surface area contributed by atoms with Crippen LogP contribution in [0.5, 0.6) is 5.75 Å². The van der Waals surface area contributed by atoms with Crippen LogP contribution >= 0.6 is 23.2 Å². The fraction of sp³-hybridized carbons (Fsp3) is 0.417. The third-order valence-electron chi connectivity index (χ3n) is 2.83. The Hall–Kier alpha value is -1.11. The predicted molar refractivity (Wildman–Crippen MR) is 72.7 cm³/mol. The van der Waals surface area contributed by atoms with Crippen molar-refractivity contribution in [2.75, 3.05) is 18.4 Å². The van der Waals surface area contributed by atoms with Crippen LogP contribution in [0.25, 0.3) is 0 Å². The van der Waals surface area contributed by atoms with Crippen molar-refractivity contribution in [3.05, 3.63) is 22.2 Å². The normalized spacial score (nSPS) is 15.1. The van der Waals surface area contributed by atoms with Crippen molar-refractivity contribution in [1.82, 2.24) is 5.32 Å². The van der Waals surface area contributed by atoms with Crippen molar-refractivity contribution in [1.29, 1.82) is 0 Å². The highest BCUT2D eigenvalue weighted by atomic mass is 35.5. The smallest absolute Gasteiger partial charge is 0.387 e. The SMILES string of the molecule is O=C(CC1CNC1)Nc1cc(Cl)c(OC(F)F)c(Cl)c1. The molecular formula is C12H12Cl2F2N2O2. The molecular weight excluding hydrogens is 313 g/mol. The van der Waals surface area contributed by atoms with Crippen molar-refractivity contribution >= 4 is 34.8 Å². The Bertz CT molecular complexity index is 487. The molecule has 0 aliphatic carbocycles. The molecule has 1 fully saturated rings. The first kappa shape index (κ1) is 15.3. The molecule has 0 aromatic heterocycles. The molecule has 1 aliphatic heterocycles. The number of alkyl halides is 2. The van der Waals surface area contributed by atoms with Crippen LogP contribution in [0, 0.1) is 5.92 Å². The number of halogens is 4. The van der Waals surface area contributed by atoms with E-state index in [4.69, 9.17) is 23.2 Å². The van der Waals surface area contributed by atoms with E-state index in [1.54, 1.807) is 0 Å². The summed E-state index contributed by atoms with van der Waals surface area (Å²) in [5, 5.41) is 5.52. The van der Waals surface area contributed by atoms with Gasteiger partial charge in [-0.15, -0.1) is 0 Å². The quantitative estimate of drug-likeness (QED) is 0.874. The number of amides is 1. The van der Waals surface area contributed by atoms with E-state index in [9.17, 15) is 13.6 Å². The van der Waals surface area contributed by atoms with Crippen molar-refractivity contribution in [3.63, 3.8) is 0 Å². The lowest BCUT2D eigenvalue weighted by Gasteiger charge is -2.26. The maximum atomic E-state index is 12.2. The molecule has 0 radical (unpaired) electrons. The van der Waals surface area contributed by atoms with Crippen LogP contribution in [-0.2, 0) is 4.79 Å². The lowest BCUT2D eigenvalue weighted by Crippen LogP contribution is -2.43. The van der Waals surface area contributed by atoms with E-state index < -0.39 is 6.61 Å². The van der Waals surface area contributed by atoms with Gasteiger partial charge in [0, 0.05) is 12.1 Å². The fourth-order valence-corrected chi connectivity index (χ4v) is 2.38. The second-order valence-corrected chi connectivity index (χ2v) is 5.24. The Morgan fingerprint density at radius 3 is 2.45 bits per heavy atom. The largest absolute Gasteiger partial charge is 0.432 e. The van der Waals surface area contributed by atoms with Crippen LogP contribution in [0.15, 0.2) is 12.1 Å². The molecule has 1 heterocycles. The van der Waals surface area contributed by atoms with Gasteiger partial charge in [-0.1, -0.05) is 23.2 Å². The fourth-order valence-electron chi connectivity index (χ4n) is 1.80. The third kappa shape index (κ3) is 3.94. The maximum absolute atomic E-state index is 12.2. The van der Waals surface area contributed by atoms with Gasteiger partial charge in [-0.25, -0.2) is 0 Å². The van der Waals surface area contributed by atoms with E-state index in [0.717, 1.165) is 13.1 Å². The number of ether oxygens (including phenoxy) is 1. The second kappa shape index (κ2) is 6.56. The average molecular weight is 325 g/mol. The highest BCUT2D eigenvalue weighted by molar-refractivity contribution is 6.37. The van der Waals surface area contributed by atoms with Gasteiger partial charge in [0.15, 0.2) is 5.75 Å². The lowest BCUT2D eigenvalue weighted by molar-refractivity contribution is -0.117. The number of carbonyl (C=O) groups excluding carboxylic acids is 1. The van der Waals surface area contributed by atoms with Crippen molar-refractivity contribution < 1.29 is 18.3 Å². The molecule has 0 spiro atoms. The Balaban J connectivity index is 2.03. The van der Waals surface area contributed by atoms with Crippen LogP contribution in [-0.4, -0.2) is 25.6 Å². The van der Waals surface area contributed by atoms with Gasteiger partial charge in [0.05, 0.1) is 10.0 Å². The Morgan fingerprint density at radius 2 is 2.00 bits per heavy atom. The molecule has 0 unspecified atom stereocenters. The highest BCUT2D eigenvalue weighted by Gasteiger charge is 2.21. The molecule has 1 aliphatic rings. The van der Waals surface area contributed by atoms with E-state index >= 15 is 0 Å². The van der Waals surface area contributed by atoms with Crippen LogP contribution in [0.1, 0.15) is 6.42 Å². The van der Waals surface area contributed by atoms with Gasteiger partial charge in [0.2, 0.25) is 5.91 Å². The maximum Gasteiger partial charge on any atom is 0.387 e. The summed E-state index contributed by atoms with van der Waals surface area (Å²) in [6.45, 7) is -1.39. The second-order valence-electron chi connectivity index (χ2n) is 4.42. The highest BCUT2D eigenvalue weighted by Crippen LogP contribution is 2.37. The van der Waals surface area contributed by atoms with E-state index in [0.29, 0.717) is 18.0 Å². The summed E-state index contributed by atoms with van der Waals surface area (Å²) in [4.78, 5) is 11.7. The number of hydrogen-bond acceptors (Lipinski definition) is 3. The van der Waals surface area contributed by atoms with E-state index in [2.05, 4.69) is 15.4 Å². The minimum absolute atomic E-state index is 0.0848. The molecule has 1 saturated heterocycles. The zero-order valence-electron chi connectivity index (χ0n) is 10.3. The standard InChI is InChI=1S/C12H12Cl2F2N2O2/c13-8-2-7(3-9(14)11(8)20-12(15)16)18-10(19)1-6-4-17-5-6/h2-3,6,12,17H,1,4-5H2,(H,18,19). The topological polar surface area (TPSA) is 50.4 Å². The van der Waals surface area contributed by atoms with Gasteiger partial charge in [-0.05, 0) is 31.1 Å². The summed E-state index contributed by atoms with van der Waals surface area (Å²) in [6, 6.07) is 2.64. The molecule has 0 bridgehead atoms. The minimum Gasteiger partial charge on any atom is -0.432 e. The third-order valence-corrected chi connectivity index (χ3v) is 3.39. The summed E-state index contributed by atoms with van der Waals surface area (Å²) in [5.41, 5.74) is 0.346. The number of benzene rings is 1. The minimum atomic E-state index is -3.02. The van der Waals surface area contributed by atoms with Crippen LogP contribution in [0.3, 0.4) is 0 Å². The molecule has 4 nitrogen and oxygen atoms in total. The first-order valence-electron chi connectivity index (χ1n) is 5.90. The summed E-state index contributed by atoms with van der Waals surface area (Å²) in [5.74, 6) is -0.155. The van der Waals surface area contributed by atoms with Gasteiger partial charge in [0.1, 0.15) is 0 Å². The van der Waals surface area contributed by atoms with Crippen LogP contribution < -0.4 is 15.4 Å². The number of nitrogens with one attached hydrogen (secondary N) is 2. The number of hydrogen-bond donors (Lipinski definition) is 2. The Labute approximate surface area is 124 Å². The monoisotopic (exact) mass is 324 g/mol. The van der Waals surface area contributed by atoms with E-state index in [1.807, 2.05) is 0 Å². The van der Waals surface area contributed by atoms with E-state index in [1.165, 1.54) is 12.1 Å². The molecule has 110 valence electrons. The first-order chi connectivity index (χ1) is 9.45. The van der Waals surface area contributed by atoms with Crippen molar-refractivity contribution in [3.8, 4) is 5.75 Å². The Morgan fingerprint density at radius 1 is 1.40 bits per heavy atom. The lowest BCUT2D eigenvalue weighted by atomic mass is 9.99. The van der Waals surface area contributed by atoms with Gasteiger partial charge in [0.25, 0.3) is 0 Å². The summed E-state index contributed by atoms with van der Waals surface area (Å²) < 4.78 is 28.5. The molecule has 8 heteroatoms. The zero-order chi connectivity index (χ0) is 14.7. The van der Waals surface area contributed by atoms with Gasteiger partial charge < -0.3 is 15.4 Å². The molecule has 0 atom stereocenters. The van der Waals surface area contributed by atoms with Gasteiger partial charge in [-0.3, -0.25) is 4.79 Å². The van der Waals surface area contributed by atoms with Crippen molar-refractivity contribution in [2.45, 2.75) is 13.0 Å². The van der Waals surface area contributed by atoms with Gasteiger partial charge >= 0.3 is 6.61 Å². The molecule has 1 amide bonds. The molecule has 2 rings (SSSR count). The summed E-state index contributed by atoms with van der Waals surface area (Å²) in [6.07, 6.45) is 0.386. The van der Waals surface area contributed by atoms with E-state index in [-0.39, 0.29) is 21.7 Å². The molecule has 2 N–H and O–H groups in total. The molecule has 1 aromatic carbocycles. The average Bonchev–Trinajstić information content (AvgIpc) is 2.28. The Kier molecular flexibility index (Phi) is 5.01. The van der Waals surface area contributed by atoms with Crippen LogP contribution in [0.4, 0.5) is 14.5 Å². The number of rotatable bonds is 5. The van der Waals surface area contributed by atoms with Crippen molar-refractivity contribution in [2.24, 2.45) is 5.92 Å². The first-order valence-corrected chi connectivity index (χ1v) is 6.65. The molecule has 0 saturated carbocycles. The van der Waals surface area contributed by atoms with Gasteiger partial charge in [-0.2, -0.15) is 8.78 Å². The summed E-state index contributed by atoms with van der Waals surface area (Å²) in [7, 11) is 0.